The molecule has 0 spiro atoms. The highest BCUT2D eigenvalue weighted by Crippen LogP contribution is 2.50. The van der Waals surface area contributed by atoms with Crippen molar-refractivity contribution in [2.75, 3.05) is 0 Å². The molecule has 0 saturated carbocycles. The Labute approximate surface area is 301 Å². The van der Waals surface area contributed by atoms with Crippen LogP contribution in [0.3, 0.4) is 0 Å². The van der Waals surface area contributed by atoms with Crippen molar-refractivity contribution in [2.45, 2.75) is 12.8 Å². The molecule has 240 valence electrons. The molecule has 0 unspecified atom stereocenters. The molecular weight excluding hydrogens is 625 g/mol. The highest BCUT2D eigenvalue weighted by molar-refractivity contribution is 6.25. The molecule has 0 heterocycles. The van der Waals surface area contributed by atoms with Crippen LogP contribution in [0.25, 0.3) is 108 Å². The summed E-state index contributed by atoms with van der Waals surface area (Å²) in [5.74, 6) is 0. The van der Waals surface area contributed by atoms with Crippen molar-refractivity contribution in [1.29, 1.82) is 0 Å². The van der Waals surface area contributed by atoms with Gasteiger partial charge in [0.05, 0.1) is 0 Å². The van der Waals surface area contributed by atoms with Gasteiger partial charge in [0.25, 0.3) is 0 Å². The smallest absolute Gasteiger partial charge is 0.00199 e. The quantitative estimate of drug-likeness (QED) is 0.143. The summed E-state index contributed by atoms with van der Waals surface area (Å²) in [6.45, 7) is 0. The Kier molecular flexibility index (Phi) is 5.71. The first kappa shape index (κ1) is 28.2. The van der Waals surface area contributed by atoms with Gasteiger partial charge in [0.15, 0.2) is 0 Å². The average molecular weight is 657 g/mol. The summed E-state index contributed by atoms with van der Waals surface area (Å²) < 4.78 is 0. The zero-order valence-electron chi connectivity index (χ0n) is 28.6. The SMILES string of the molecule is c1ccc2c(c1)-c1c3cc4ccccc4cc3c(c3cc4ccccc4cc13)CCc1c3cc4ccccc4cc3c-2c2cc3ccccc3cc12. The fourth-order valence-electron chi connectivity index (χ4n) is 9.66. The number of hydrogen-bond acceptors (Lipinski definition) is 0. The molecule has 0 aliphatic heterocycles. The van der Waals surface area contributed by atoms with Gasteiger partial charge in [-0.2, -0.15) is 0 Å². The van der Waals surface area contributed by atoms with Gasteiger partial charge < -0.3 is 0 Å². The first-order valence-corrected chi connectivity index (χ1v) is 18.5. The Bertz CT molecular complexity index is 2920. The van der Waals surface area contributed by atoms with Gasteiger partial charge in [0.2, 0.25) is 0 Å². The van der Waals surface area contributed by atoms with Crippen molar-refractivity contribution in [3.05, 3.63) is 181 Å². The molecule has 0 atom stereocenters. The van der Waals surface area contributed by atoms with E-state index in [1.54, 1.807) is 0 Å². The molecule has 0 aromatic heterocycles. The van der Waals surface area contributed by atoms with E-state index in [9.17, 15) is 0 Å². The summed E-state index contributed by atoms with van der Waals surface area (Å²) >= 11 is 0. The normalized spacial score (nSPS) is 12.8. The van der Waals surface area contributed by atoms with Crippen molar-refractivity contribution in [1.82, 2.24) is 0 Å². The van der Waals surface area contributed by atoms with Crippen LogP contribution in [0, 0.1) is 0 Å². The first-order chi connectivity index (χ1) is 25.8. The average Bonchev–Trinajstić information content (AvgIpc) is 3.19. The standard InChI is InChI=1S/C52H32/c1-5-15-35-27-47-43(23-31(35)11-1)39-21-22-40-45-25-33-13-3-7-17-37(33)29-49(45)52(50-30-38-18-8-4-14-34(38)26-46(40)50)42-20-10-9-19-41(42)51(47)48-28-36-16-6-2-12-32(36)24-44(39)48/h1-20,23-30H,21-22H2. The molecule has 1 aliphatic rings. The van der Waals surface area contributed by atoms with Crippen LogP contribution in [-0.4, -0.2) is 0 Å². The van der Waals surface area contributed by atoms with E-state index < -0.39 is 0 Å². The van der Waals surface area contributed by atoms with E-state index in [2.05, 4.69) is 170 Å². The van der Waals surface area contributed by atoms with Gasteiger partial charge in [-0.1, -0.05) is 121 Å². The fraction of sp³-hybridized carbons (Fsp3) is 0.0385. The van der Waals surface area contributed by atoms with Crippen molar-refractivity contribution in [2.24, 2.45) is 0 Å². The van der Waals surface area contributed by atoms with Crippen molar-refractivity contribution < 1.29 is 0 Å². The molecule has 0 saturated heterocycles. The second-order valence-electron chi connectivity index (χ2n) is 14.7. The third-order valence-electron chi connectivity index (χ3n) is 12.0. The van der Waals surface area contributed by atoms with Gasteiger partial charge >= 0.3 is 0 Å². The summed E-state index contributed by atoms with van der Waals surface area (Å²) in [7, 11) is 0. The summed E-state index contributed by atoms with van der Waals surface area (Å²) in [6, 6.07) is 64.6. The Morgan fingerprint density at radius 1 is 0.231 bits per heavy atom. The van der Waals surface area contributed by atoms with E-state index >= 15 is 0 Å². The third-order valence-corrected chi connectivity index (χ3v) is 12.0. The number of aryl methyl sites for hydroxylation is 2. The van der Waals surface area contributed by atoms with Crippen LogP contribution in [0.15, 0.2) is 170 Å². The number of hydrogen-bond donors (Lipinski definition) is 0. The van der Waals surface area contributed by atoms with Gasteiger partial charge in [0, 0.05) is 0 Å². The van der Waals surface area contributed by atoms with Crippen LogP contribution >= 0.6 is 0 Å². The van der Waals surface area contributed by atoms with Crippen molar-refractivity contribution in [3.63, 3.8) is 0 Å². The van der Waals surface area contributed by atoms with Crippen LogP contribution in [0.1, 0.15) is 11.1 Å². The predicted octanol–water partition coefficient (Wildman–Crippen LogP) is 14.3. The maximum absolute atomic E-state index is 2.48. The van der Waals surface area contributed by atoms with Gasteiger partial charge in [-0.05, 0) is 181 Å². The van der Waals surface area contributed by atoms with E-state index in [4.69, 9.17) is 0 Å². The van der Waals surface area contributed by atoms with Gasteiger partial charge in [-0.25, -0.2) is 0 Å². The second kappa shape index (κ2) is 10.5. The molecule has 0 nitrogen and oxygen atoms in total. The van der Waals surface area contributed by atoms with E-state index in [1.165, 1.54) is 120 Å². The molecule has 11 aromatic carbocycles. The van der Waals surface area contributed by atoms with E-state index in [1.807, 2.05) is 0 Å². The van der Waals surface area contributed by atoms with Crippen LogP contribution in [0.5, 0.6) is 0 Å². The molecular formula is C52H32. The van der Waals surface area contributed by atoms with E-state index in [0.717, 1.165) is 12.8 Å². The predicted molar refractivity (Wildman–Crippen MR) is 225 cm³/mol. The molecule has 4 bridgehead atoms. The van der Waals surface area contributed by atoms with Gasteiger partial charge in [-0.3, -0.25) is 0 Å². The number of rotatable bonds is 0. The summed E-state index contributed by atoms with van der Waals surface area (Å²) in [5.41, 5.74) is 8.10. The Hall–Kier alpha value is -6.50. The molecule has 1 aliphatic carbocycles. The first-order valence-electron chi connectivity index (χ1n) is 18.5. The number of benzene rings is 11. The topological polar surface area (TPSA) is 0 Å². The molecule has 0 N–H and O–H groups in total. The lowest BCUT2D eigenvalue weighted by Gasteiger charge is -2.25. The zero-order chi connectivity index (χ0) is 33.9. The van der Waals surface area contributed by atoms with Gasteiger partial charge in [-0.15, -0.1) is 0 Å². The minimum Gasteiger partial charge on any atom is -0.0616 e. The maximum atomic E-state index is 2.48. The maximum Gasteiger partial charge on any atom is -0.00199 e. The number of fused-ring (bicyclic) bond motifs is 13. The molecule has 0 heteroatoms. The van der Waals surface area contributed by atoms with E-state index in [0.29, 0.717) is 0 Å². The summed E-state index contributed by atoms with van der Waals surface area (Å²) in [5, 5.41) is 21.1. The Morgan fingerprint density at radius 3 is 0.692 bits per heavy atom. The lowest BCUT2D eigenvalue weighted by Crippen LogP contribution is -2.02. The van der Waals surface area contributed by atoms with Crippen LogP contribution in [-0.2, 0) is 12.8 Å². The van der Waals surface area contributed by atoms with Crippen LogP contribution < -0.4 is 0 Å². The molecule has 11 aromatic rings. The minimum absolute atomic E-state index is 0.939. The zero-order valence-corrected chi connectivity index (χ0v) is 28.6. The summed E-state index contributed by atoms with van der Waals surface area (Å²) in [6.07, 6.45) is 1.88. The Morgan fingerprint density at radius 2 is 0.442 bits per heavy atom. The largest absolute Gasteiger partial charge is 0.0616 e. The highest BCUT2D eigenvalue weighted by atomic mass is 14.3. The lowest BCUT2D eigenvalue weighted by atomic mass is 9.78. The Balaban J connectivity index is 1.36. The molecule has 0 fully saturated rings. The summed E-state index contributed by atoms with van der Waals surface area (Å²) in [4.78, 5) is 0. The highest BCUT2D eigenvalue weighted by Gasteiger charge is 2.25. The van der Waals surface area contributed by atoms with Gasteiger partial charge in [0.1, 0.15) is 0 Å². The molecule has 52 heavy (non-hydrogen) atoms. The van der Waals surface area contributed by atoms with Crippen molar-refractivity contribution >= 4 is 86.2 Å². The van der Waals surface area contributed by atoms with Crippen LogP contribution in [0.4, 0.5) is 0 Å². The van der Waals surface area contributed by atoms with E-state index in [-0.39, 0.29) is 0 Å². The molecule has 12 rings (SSSR count). The lowest BCUT2D eigenvalue weighted by molar-refractivity contribution is 0.996. The van der Waals surface area contributed by atoms with Crippen molar-refractivity contribution in [3.8, 4) is 22.3 Å². The molecule has 0 amide bonds. The van der Waals surface area contributed by atoms with Crippen LogP contribution in [0.2, 0.25) is 0 Å². The minimum atomic E-state index is 0.939. The third kappa shape index (κ3) is 3.92. The fourth-order valence-corrected chi connectivity index (χ4v) is 9.66. The monoisotopic (exact) mass is 656 g/mol. The second-order valence-corrected chi connectivity index (χ2v) is 14.7. The molecule has 0 radical (unpaired) electrons.